The maximum absolute atomic E-state index is 13.6. The number of hydrogen-bond donors (Lipinski definition) is 6. The third-order valence-electron chi connectivity index (χ3n) is 9.16. The molecule has 1 aromatic rings. The van der Waals surface area contributed by atoms with E-state index < -0.39 is 47.8 Å². The second-order valence-electron chi connectivity index (χ2n) is 13.0. The summed E-state index contributed by atoms with van der Waals surface area (Å²) in [5.74, 6) is 0.403. The van der Waals surface area contributed by atoms with Gasteiger partial charge in [0.05, 0.1) is 12.1 Å². The van der Waals surface area contributed by atoms with Crippen molar-refractivity contribution in [3.8, 4) is 0 Å². The summed E-state index contributed by atoms with van der Waals surface area (Å²) in [5, 5.41) is 41.6. The summed E-state index contributed by atoms with van der Waals surface area (Å²) < 4.78 is 25.7. The zero-order valence-corrected chi connectivity index (χ0v) is 26.1. The standard InChI is InChI=1S/C32H46FN3O7S/c1-17(2)13-18-11-12-42-28-20(14-18)15-34-24(28)31(41)36-23-6-4-3-5-22(16-35-30(40)19-7-9-21(33)10-8-19)44-32-27(39)25(37)26(38)29(23)43-32/h3-4,7-10,17-18,20,22-29,32,34,37-39H,5-6,11-16H2,1-2H3,(H,35,40)(H,36,41)/b4-3-/t18-,20-,22+,23+,24-,25-,26+,27+,28+,29+,32+/m0/s1. The van der Waals surface area contributed by atoms with Gasteiger partial charge in [-0.1, -0.05) is 26.0 Å². The Labute approximate surface area is 262 Å². The molecular weight excluding hydrogens is 589 g/mol. The third kappa shape index (κ3) is 8.01. The smallest absolute Gasteiger partial charge is 0.251 e. The number of carbonyl (C=O) groups is 2. The van der Waals surface area contributed by atoms with Gasteiger partial charge in [-0.05, 0) is 74.1 Å². The molecule has 5 rings (SSSR count). The minimum Gasteiger partial charge on any atom is -0.388 e. The molecule has 0 saturated carbocycles. The van der Waals surface area contributed by atoms with E-state index in [0.29, 0.717) is 43.4 Å². The summed E-state index contributed by atoms with van der Waals surface area (Å²) >= 11 is 1.25. The molecule has 11 atom stereocenters. The predicted octanol–water partition coefficient (Wildman–Crippen LogP) is 1.73. The molecule has 4 aliphatic rings. The average Bonchev–Trinajstić information content (AvgIpc) is 3.28. The number of aliphatic hydroxyl groups is 3. The van der Waals surface area contributed by atoms with Crippen molar-refractivity contribution in [2.45, 2.75) is 99.2 Å². The number of ether oxygens (including phenoxy) is 2. The Morgan fingerprint density at radius 2 is 1.82 bits per heavy atom. The van der Waals surface area contributed by atoms with Crippen molar-refractivity contribution < 1.29 is 38.8 Å². The zero-order valence-electron chi connectivity index (χ0n) is 25.3. The number of halogens is 1. The van der Waals surface area contributed by atoms with Crippen LogP contribution in [-0.4, -0.2) is 100 Å². The molecule has 0 unspecified atom stereocenters. The van der Waals surface area contributed by atoms with Crippen LogP contribution in [0.25, 0.3) is 0 Å². The van der Waals surface area contributed by atoms with Crippen molar-refractivity contribution in [2.24, 2.45) is 17.8 Å². The number of hydrogen-bond acceptors (Lipinski definition) is 9. The van der Waals surface area contributed by atoms with E-state index in [-0.39, 0.29) is 35.6 Å². The monoisotopic (exact) mass is 635 g/mol. The SMILES string of the molecule is CC(C)C[C@@H]1CCO[C@@H]2[C@H](CN[C@@H]2C(=O)N[C@@H]2C/C=C\C[C@H](CNC(=O)c3ccc(F)cc3)S[C@H]3O[C@H]2[C@H](O)[C@H](O)[C@H]3O)C1. The van der Waals surface area contributed by atoms with Gasteiger partial charge in [0.25, 0.3) is 5.91 Å². The van der Waals surface area contributed by atoms with Crippen LogP contribution in [0.5, 0.6) is 0 Å². The topological polar surface area (TPSA) is 149 Å². The van der Waals surface area contributed by atoms with Crippen molar-refractivity contribution in [3.05, 3.63) is 47.8 Å². The maximum atomic E-state index is 13.6. The fourth-order valence-electron chi connectivity index (χ4n) is 6.92. The molecule has 3 saturated heterocycles. The summed E-state index contributed by atoms with van der Waals surface area (Å²) in [5.41, 5.74) is -0.584. The lowest BCUT2D eigenvalue weighted by Gasteiger charge is -2.44. The molecule has 4 heterocycles. The molecule has 244 valence electrons. The second kappa shape index (κ2) is 15.0. The van der Waals surface area contributed by atoms with Crippen molar-refractivity contribution in [1.29, 1.82) is 0 Å². The highest BCUT2D eigenvalue weighted by Crippen LogP contribution is 2.36. The van der Waals surface area contributed by atoms with Crippen LogP contribution in [0.15, 0.2) is 36.4 Å². The van der Waals surface area contributed by atoms with Gasteiger partial charge in [-0.25, -0.2) is 4.39 Å². The Kier molecular flexibility index (Phi) is 11.4. The molecule has 3 fully saturated rings. The van der Waals surface area contributed by atoms with Crippen LogP contribution in [0.2, 0.25) is 0 Å². The molecule has 0 spiro atoms. The van der Waals surface area contributed by atoms with Crippen LogP contribution in [0.3, 0.4) is 0 Å². The van der Waals surface area contributed by atoms with Crippen LogP contribution in [0.1, 0.15) is 56.3 Å². The number of rotatable bonds is 7. The van der Waals surface area contributed by atoms with Crippen LogP contribution in [0, 0.1) is 23.6 Å². The molecular formula is C32H46FN3O7S. The van der Waals surface area contributed by atoms with E-state index in [1.54, 1.807) is 0 Å². The normalized spacial score (nSPS) is 38.3. The Balaban J connectivity index is 1.24. The average molecular weight is 636 g/mol. The van der Waals surface area contributed by atoms with Gasteiger partial charge in [0.15, 0.2) is 0 Å². The highest BCUT2D eigenvalue weighted by molar-refractivity contribution is 8.00. The Morgan fingerprint density at radius 1 is 1.07 bits per heavy atom. The molecule has 4 aliphatic heterocycles. The second-order valence-corrected chi connectivity index (χ2v) is 14.4. The van der Waals surface area contributed by atoms with Crippen molar-refractivity contribution in [2.75, 3.05) is 19.7 Å². The van der Waals surface area contributed by atoms with Gasteiger partial charge in [-0.15, -0.1) is 11.8 Å². The van der Waals surface area contributed by atoms with E-state index in [2.05, 4.69) is 29.8 Å². The fourth-order valence-corrected chi connectivity index (χ4v) is 8.21. The predicted molar refractivity (Wildman–Crippen MR) is 164 cm³/mol. The minimum atomic E-state index is -1.49. The first-order valence-corrected chi connectivity index (χ1v) is 16.7. The first-order chi connectivity index (χ1) is 21.1. The van der Waals surface area contributed by atoms with E-state index in [1.807, 2.05) is 12.2 Å². The number of aliphatic hydroxyl groups excluding tert-OH is 3. The van der Waals surface area contributed by atoms with Gasteiger partial charge in [0.1, 0.15) is 41.7 Å². The molecule has 12 heteroatoms. The van der Waals surface area contributed by atoms with Crippen LogP contribution >= 0.6 is 11.8 Å². The lowest BCUT2D eigenvalue weighted by Crippen LogP contribution is -2.64. The number of thioether (sulfide) groups is 1. The first kappa shape index (κ1) is 33.3. The van der Waals surface area contributed by atoms with Gasteiger partial charge in [-0.3, -0.25) is 9.59 Å². The summed E-state index contributed by atoms with van der Waals surface area (Å²) in [6, 6.07) is 4.06. The first-order valence-electron chi connectivity index (χ1n) is 15.8. The highest BCUT2D eigenvalue weighted by atomic mass is 32.2. The molecule has 2 amide bonds. The minimum absolute atomic E-state index is 0.226. The fraction of sp³-hybridized carbons (Fsp3) is 0.688. The molecule has 0 aliphatic carbocycles. The molecule has 0 radical (unpaired) electrons. The summed E-state index contributed by atoms with van der Waals surface area (Å²) in [7, 11) is 0. The summed E-state index contributed by atoms with van der Waals surface area (Å²) in [6.45, 7) is 6.02. The van der Waals surface area contributed by atoms with Gasteiger partial charge in [0, 0.05) is 30.5 Å². The molecule has 0 aromatic heterocycles. The van der Waals surface area contributed by atoms with Crippen molar-refractivity contribution >= 4 is 23.6 Å². The van der Waals surface area contributed by atoms with Gasteiger partial charge in [-0.2, -0.15) is 0 Å². The van der Waals surface area contributed by atoms with Crippen LogP contribution in [0.4, 0.5) is 4.39 Å². The number of amides is 2. The lowest BCUT2D eigenvalue weighted by molar-refractivity contribution is -0.205. The van der Waals surface area contributed by atoms with Gasteiger partial charge >= 0.3 is 0 Å². The number of fused-ring (bicyclic) bond motifs is 3. The molecule has 10 nitrogen and oxygen atoms in total. The number of carbonyl (C=O) groups excluding carboxylic acids is 2. The molecule has 6 N–H and O–H groups in total. The van der Waals surface area contributed by atoms with Gasteiger partial charge < -0.3 is 40.7 Å². The van der Waals surface area contributed by atoms with Crippen LogP contribution in [-0.2, 0) is 14.3 Å². The summed E-state index contributed by atoms with van der Waals surface area (Å²) in [6.07, 6.45) is 2.35. The van der Waals surface area contributed by atoms with E-state index >= 15 is 0 Å². The van der Waals surface area contributed by atoms with Crippen molar-refractivity contribution in [1.82, 2.24) is 16.0 Å². The highest BCUT2D eigenvalue weighted by Gasteiger charge is 2.49. The maximum Gasteiger partial charge on any atom is 0.251 e. The Hall–Kier alpha value is -2.06. The van der Waals surface area contributed by atoms with E-state index in [9.17, 15) is 29.3 Å². The number of allylic oxidation sites excluding steroid dienone is 1. The quantitative estimate of drug-likeness (QED) is 0.247. The molecule has 1 aromatic carbocycles. The number of benzene rings is 1. The zero-order chi connectivity index (χ0) is 31.4. The van der Waals surface area contributed by atoms with E-state index in [0.717, 1.165) is 19.3 Å². The third-order valence-corrected chi connectivity index (χ3v) is 10.6. The molecule has 44 heavy (non-hydrogen) atoms. The summed E-state index contributed by atoms with van der Waals surface area (Å²) in [4.78, 5) is 26.2. The van der Waals surface area contributed by atoms with Crippen LogP contribution < -0.4 is 16.0 Å². The largest absolute Gasteiger partial charge is 0.388 e. The Morgan fingerprint density at radius 3 is 2.57 bits per heavy atom. The lowest BCUT2D eigenvalue weighted by atomic mass is 9.85. The Bertz CT molecular complexity index is 1160. The van der Waals surface area contributed by atoms with E-state index in [4.69, 9.17) is 9.47 Å². The van der Waals surface area contributed by atoms with E-state index in [1.165, 1.54) is 36.0 Å². The van der Waals surface area contributed by atoms with Gasteiger partial charge in [0.2, 0.25) is 5.91 Å². The molecule has 2 bridgehead atoms. The number of nitrogens with one attached hydrogen (secondary N) is 3. The van der Waals surface area contributed by atoms with Crippen molar-refractivity contribution in [3.63, 3.8) is 0 Å².